The van der Waals surface area contributed by atoms with E-state index in [2.05, 4.69) is 10.6 Å². The quantitative estimate of drug-likeness (QED) is 0.644. The minimum Gasteiger partial charge on any atom is -0.497 e. The summed E-state index contributed by atoms with van der Waals surface area (Å²) >= 11 is 0. The zero-order valence-electron chi connectivity index (χ0n) is 14.6. The molecular weight excluding hydrogens is 344 g/mol. The smallest absolute Gasteiger partial charge is 0.255 e. The molecule has 0 saturated carbocycles. The number of amides is 2. The second-order valence-corrected chi connectivity index (χ2v) is 5.60. The Balaban J connectivity index is 1.63. The van der Waals surface area contributed by atoms with Crippen molar-refractivity contribution in [2.75, 3.05) is 17.7 Å². The molecule has 2 aromatic carbocycles. The van der Waals surface area contributed by atoms with Crippen LogP contribution in [0, 0.1) is 0 Å². The van der Waals surface area contributed by atoms with E-state index in [0.717, 1.165) is 0 Å². The molecule has 0 saturated heterocycles. The number of anilines is 2. The van der Waals surface area contributed by atoms with Gasteiger partial charge in [-0.2, -0.15) is 0 Å². The average molecular weight is 362 g/mol. The molecule has 3 rings (SSSR count). The third-order valence-electron chi connectivity index (χ3n) is 3.68. The number of methoxy groups -OCH3 is 1. The van der Waals surface area contributed by atoms with Crippen LogP contribution in [-0.2, 0) is 4.79 Å². The van der Waals surface area contributed by atoms with Crippen LogP contribution in [0.1, 0.15) is 16.1 Å². The van der Waals surface area contributed by atoms with Crippen LogP contribution in [0.5, 0.6) is 5.75 Å². The van der Waals surface area contributed by atoms with E-state index in [0.29, 0.717) is 28.4 Å². The molecule has 0 aliphatic heterocycles. The minimum absolute atomic E-state index is 0.276. The Morgan fingerprint density at radius 3 is 2.48 bits per heavy atom. The van der Waals surface area contributed by atoms with E-state index in [-0.39, 0.29) is 11.8 Å². The van der Waals surface area contributed by atoms with Gasteiger partial charge in [-0.1, -0.05) is 6.07 Å². The van der Waals surface area contributed by atoms with Crippen LogP contribution in [0.4, 0.5) is 11.4 Å². The van der Waals surface area contributed by atoms with Crippen LogP contribution in [0.3, 0.4) is 0 Å². The summed E-state index contributed by atoms with van der Waals surface area (Å²) in [5.74, 6) is 0.694. The fourth-order valence-electron chi connectivity index (χ4n) is 2.34. The molecule has 1 heterocycles. The maximum absolute atomic E-state index is 12.4. The normalized spacial score (nSPS) is 10.6. The Labute approximate surface area is 156 Å². The first-order valence-corrected chi connectivity index (χ1v) is 8.22. The highest BCUT2D eigenvalue weighted by Gasteiger charge is 2.08. The minimum atomic E-state index is -0.320. The van der Waals surface area contributed by atoms with Crippen LogP contribution in [0.25, 0.3) is 6.08 Å². The number of carbonyl (C=O) groups excluding carboxylic acids is 2. The van der Waals surface area contributed by atoms with Crippen LogP contribution in [0.2, 0.25) is 0 Å². The molecular formula is C21H18N2O4. The lowest BCUT2D eigenvalue weighted by molar-refractivity contribution is -0.111. The summed E-state index contributed by atoms with van der Waals surface area (Å²) in [6, 6.07) is 17.2. The van der Waals surface area contributed by atoms with Gasteiger partial charge in [0.15, 0.2) is 0 Å². The summed E-state index contributed by atoms with van der Waals surface area (Å²) < 4.78 is 10.2. The Morgan fingerprint density at radius 1 is 0.963 bits per heavy atom. The molecule has 0 aliphatic rings. The van der Waals surface area contributed by atoms with Gasteiger partial charge in [-0.15, -0.1) is 0 Å². The maximum Gasteiger partial charge on any atom is 0.255 e. The van der Waals surface area contributed by atoms with E-state index < -0.39 is 0 Å². The largest absolute Gasteiger partial charge is 0.497 e. The molecule has 27 heavy (non-hydrogen) atoms. The second kappa shape index (κ2) is 8.53. The van der Waals surface area contributed by atoms with Crippen molar-refractivity contribution in [1.29, 1.82) is 0 Å². The molecule has 0 unspecified atom stereocenters. The summed E-state index contributed by atoms with van der Waals surface area (Å²) in [4.78, 5) is 24.4. The van der Waals surface area contributed by atoms with Crippen LogP contribution in [0.15, 0.2) is 77.4 Å². The van der Waals surface area contributed by atoms with E-state index in [1.54, 1.807) is 73.8 Å². The number of nitrogens with one attached hydrogen (secondary N) is 2. The van der Waals surface area contributed by atoms with Gasteiger partial charge in [0, 0.05) is 23.0 Å². The molecule has 1 aromatic heterocycles. The molecule has 0 aliphatic carbocycles. The first kappa shape index (κ1) is 18.0. The summed E-state index contributed by atoms with van der Waals surface area (Å²) in [6.07, 6.45) is 4.46. The number of hydrogen-bond donors (Lipinski definition) is 2. The third-order valence-corrected chi connectivity index (χ3v) is 3.68. The van der Waals surface area contributed by atoms with Crippen molar-refractivity contribution in [2.45, 2.75) is 0 Å². The molecule has 0 spiro atoms. The molecule has 136 valence electrons. The lowest BCUT2D eigenvalue weighted by atomic mass is 10.1. The maximum atomic E-state index is 12.4. The zero-order valence-corrected chi connectivity index (χ0v) is 14.6. The summed E-state index contributed by atoms with van der Waals surface area (Å²) in [5, 5.41) is 5.51. The van der Waals surface area contributed by atoms with Crippen molar-refractivity contribution < 1.29 is 18.7 Å². The van der Waals surface area contributed by atoms with Crippen LogP contribution >= 0.6 is 0 Å². The highest BCUT2D eigenvalue weighted by Crippen LogP contribution is 2.17. The van der Waals surface area contributed by atoms with Crippen molar-refractivity contribution in [3.63, 3.8) is 0 Å². The van der Waals surface area contributed by atoms with Crippen molar-refractivity contribution in [2.24, 2.45) is 0 Å². The molecule has 6 nitrogen and oxygen atoms in total. The van der Waals surface area contributed by atoms with E-state index in [4.69, 9.17) is 9.15 Å². The average Bonchev–Trinajstić information content (AvgIpc) is 3.21. The lowest BCUT2D eigenvalue weighted by Gasteiger charge is -2.08. The van der Waals surface area contributed by atoms with Gasteiger partial charge in [-0.25, -0.2) is 0 Å². The topological polar surface area (TPSA) is 80.6 Å². The van der Waals surface area contributed by atoms with Crippen LogP contribution < -0.4 is 15.4 Å². The van der Waals surface area contributed by atoms with Gasteiger partial charge in [-0.3, -0.25) is 9.59 Å². The van der Waals surface area contributed by atoms with Crippen LogP contribution in [-0.4, -0.2) is 18.9 Å². The molecule has 0 atom stereocenters. The van der Waals surface area contributed by atoms with Crippen molar-refractivity contribution in [3.8, 4) is 5.75 Å². The fraction of sp³-hybridized carbons (Fsp3) is 0.0476. The van der Waals surface area contributed by atoms with E-state index >= 15 is 0 Å². The molecule has 6 heteroatoms. The van der Waals surface area contributed by atoms with Gasteiger partial charge < -0.3 is 19.8 Å². The monoisotopic (exact) mass is 362 g/mol. The first-order valence-electron chi connectivity index (χ1n) is 8.22. The number of rotatable bonds is 6. The summed E-state index contributed by atoms with van der Waals surface area (Å²) in [7, 11) is 1.58. The van der Waals surface area contributed by atoms with Gasteiger partial charge in [0.25, 0.3) is 5.91 Å². The molecule has 0 bridgehead atoms. The van der Waals surface area contributed by atoms with Crippen molar-refractivity contribution in [1.82, 2.24) is 0 Å². The first-order chi connectivity index (χ1) is 13.1. The predicted octanol–water partition coefficient (Wildman–Crippen LogP) is 4.19. The predicted molar refractivity (Wildman–Crippen MR) is 104 cm³/mol. The third kappa shape index (κ3) is 5.09. The molecule has 0 fully saturated rings. The highest BCUT2D eigenvalue weighted by molar-refractivity contribution is 6.06. The summed E-state index contributed by atoms with van der Waals surface area (Å²) in [6.45, 7) is 0. The van der Waals surface area contributed by atoms with E-state index in [9.17, 15) is 9.59 Å². The highest BCUT2D eigenvalue weighted by atomic mass is 16.5. The Hall–Kier alpha value is -3.80. The number of hydrogen-bond acceptors (Lipinski definition) is 4. The van der Waals surface area contributed by atoms with Gasteiger partial charge >= 0.3 is 0 Å². The lowest BCUT2D eigenvalue weighted by Crippen LogP contribution is -2.13. The molecule has 2 amide bonds. The molecule has 2 N–H and O–H groups in total. The van der Waals surface area contributed by atoms with Gasteiger partial charge in [-0.05, 0) is 60.7 Å². The Bertz CT molecular complexity index is 945. The Kier molecular flexibility index (Phi) is 5.69. The van der Waals surface area contributed by atoms with Gasteiger partial charge in [0.1, 0.15) is 11.5 Å². The van der Waals surface area contributed by atoms with Gasteiger partial charge in [0.2, 0.25) is 5.91 Å². The number of furan rings is 1. The van der Waals surface area contributed by atoms with Crippen molar-refractivity contribution >= 4 is 29.3 Å². The summed E-state index contributed by atoms with van der Waals surface area (Å²) in [5.41, 5.74) is 1.60. The second-order valence-electron chi connectivity index (χ2n) is 5.60. The Morgan fingerprint density at radius 2 is 1.78 bits per heavy atom. The van der Waals surface area contributed by atoms with Crippen molar-refractivity contribution in [3.05, 3.63) is 84.3 Å². The number of benzene rings is 2. The number of carbonyl (C=O) groups is 2. The SMILES string of the molecule is COc1ccc(NC(=O)c2cccc(NC(=O)/C=C/c3ccco3)c2)cc1. The van der Waals surface area contributed by atoms with E-state index in [1.807, 2.05) is 0 Å². The molecule has 3 aromatic rings. The molecule has 0 radical (unpaired) electrons. The zero-order chi connectivity index (χ0) is 19.1. The standard InChI is InChI=1S/C21H18N2O4/c1-26-18-9-7-16(8-10-18)23-21(25)15-4-2-5-17(14-15)22-20(24)12-11-19-6-3-13-27-19/h2-14H,1H3,(H,22,24)(H,23,25)/b12-11+. The van der Waals surface area contributed by atoms with E-state index in [1.165, 1.54) is 12.3 Å². The van der Waals surface area contributed by atoms with Gasteiger partial charge in [0.05, 0.1) is 13.4 Å². The fourth-order valence-corrected chi connectivity index (χ4v) is 2.34. The number of ether oxygens (including phenoxy) is 1.